The molecule has 19 heavy (non-hydrogen) atoms. The molecule has 0 atom stereocenters. The number of hydrogen-bond acceptors (Lipinski definition) is 4. The fourth-order valence-electron chi connectivity index (χ4n) is 2.21. The van der Waals surface area contributed by atoms with E-state index in [0.29, 0.717) is 11.5 Å². The molecule has 1 amide bonds. The number of anilines is 1. The first kappa shape index (κ1) is 14.1. The van der Waals surface area contributed by atoms with E-state index in [1.165, 1.54) is 0 Å². The highest BCUT2D eigenvalue weighted by molar-refractivity contribution is 7.98. The van der Waals surface area contributed by atoms with Crippen molar-refractivity contribution in [3.63, 3.8) is 0 Å². The summed E-state index contributed by atoms with van der Waals surface area (Å²) in [6.07, 6.45) is 2.92. The maximum atomic E-state index is 11.7. The predicted molar refractivity (Wildman–Crippen MR) is 84.0 cm³/mol. The first-order valence-corrected chi connectivity index (χ1v) is 7.75. The molecule has 0 aliphatic carbocycles. The summed E-state index contributed by atoms with van der Waals surface area (Å²) in [5, 5.41) is 2.87. The maximum absolute atomic E-state index is 11.7. The van der Waals surface area contributed by atoms with Gasteiger partial charge >= 0.3 is 0 Å². The van der Waals surface area contributed by atoms with Crippen molar-refractivity contribution in [1.29, 1.82) is 0 Å². The van der Waals surface area contributed by atoms with E-state index in [4.69, 9.17) is 18.0 Å². The van der Waals surface area contributed by atoms with Gasteiger partial charge in [0.05, 0.1) is 6.54 Å². The van der Waals surface area contributed by atoms with Crippen LogP contribution in [0, 0.1) is 0 Å². The van der Waals surface area contributed by atoms with Gasteiger partial charge in [0.2, 0.25) is 5.91 Å². The number of nitrogens with zero attached hydrogens (tertiary/aromatic N) is 1. The van der Waals surface area contributed by atoms with Gasteiger partial charge in [0.25, 0.3) is 0 Å². The second-order valence-electron chi connectivity index (χ2n) is 4.34. The number of nitrogens with one attached hydrogen (secondary N) is 1. The molecule has 1 fully saturated rings. The summed E-state index contributed by atoms with van der Waals surface area (Å²) in [4.78, 5) is 15.2. The van der Waals surface area contributed by atoms with Crippen LogP contribution >= 0.6 is 24.0 Å². The Balaban J connectivity index is 2.42. The lowest BCUT2D eigenvalue weighted by Gasteiger charge is -2.25. The largest absolute Gasteiger partial charge is 0.389 e. The molecule has 3 N–H and O–H groups in total. The Bertz CT molecular complexity index is 505. The zero-order valence-corrected chi connectivity index (χ0v) is 12.4. The van der Waals surface area contributed by atoms with E-state index in [1.54, 1.807) is 11.8 Å². The molecule has 6 heteroatoms. The molecule has 0 saturated carbocycles. The third-order valence-corrected chi connectivity index (χ3v) is 4.06. The van der Waals surface area contributed by atoms with E-state index in [2.05, 4.69) is 10.2 Å². The van der Waals surface area contributed by atoms with Gasteiger partial charge in [-0.3, -0.25) is 4.79 Å². The van der Waals surface area contributed by atoms with Crippen LogP contribution in [-0.4, -0.2) is 36.8 Å². The Labute approximate surface area is 122 Å². The number of carbonyl (C=O) groups is 1. The number of rotatable bonds is 3. The van der Waals surface area contributed by atoms with E-state index in [0.717, 1.165) is 35.7 Å². The third-order valence-electron chi connectivity index (χ3n) is 3.07. The number of amides is 1. The van der Waals surface area contributed by atoms with Crippen molar-refractivity contribution >= 4 is 40.6 Å². The van der Waals surface area contributed by atoms with Crippen LogP contribution < -0.4 is 16.0 Å². The number of thioether (sulfide) groups is 1. The van der Waals surface area contributed by atoms with Crippen molar-refractivity contribution in [1.82, 2.24) is 5.32 Å². The number of hydrogen-bond donors (Lipinski definition) is 2. The lowest BCUT2D eigenvalue weighted by Crippen LogP contribution is -2.34. The van der Waals surface area contributed by atoms with Gasteiger partial charge in [-0.05, 0) is 24.8 Å². The fourth-order valence-corrected chi connectivity index (χ4v) is 3.12. The van der Waals surface area contributed by atoms with Crippen LogP contribution in [0.3, 0.4) is 0 Å². The quantitative estimate of drug-likeness (QED) is 0.651. The number of nitrogens with two attached hydrogens (primary N) is 1. The summed E-state index contributed by atoms with van der Waals surface area (Å²) in [5.41, 5.74) is 7.69. The summed E-state index contributed by atoms with van der Waals surface area (Å²) in [6, 6.07) is 5.96. The Morgan fingerprint density at radius 3 is 3.00 bits per heavy atom. The third kappa shape index (κ3) is 3.19. The maximum Gasteiger partial charge on any atom is 0.239 e. The molecule has 2 rings (SSSR count). The second kappa shape index (κ2) is 6.25. The van der Waals surface area contributed by atoms with Crippen LogP contribution in [0.15, 0.2) is 23.1 Å². The smallest absolute Gasteiger partial charge is 0.239 e. The molecule has 0 aromatic heterocycles. The second-order valence-corrected chi connectivity index (χ2v) is 5.63. The van der Waals surface area contributed by atoms with Crippen molar-refractivity contribution in [2.24, 2.45) is 5.73 Å². The lowest BCUT2D eigenvalue weighted by atomic mass is 10.1. The Morgan fingerprint density at radius 1 is 1.53 bits per heavy atom. The SMILES string of the molecule is CSc1cccc(N2CCCNC(=O)C2)c1C(N)=S. The molecule has 0 bridgehead atoms. The Kier molecular flexibility index (Phi) is 4.66. The van der Waals surface area contributed by atoms with Crippen molar-refractivity contribution in [3.05, 3.63) is 23.8 Å². The average molecular weight is 295 g/mol. The van der Waals surface area contributed by atoms with Crippen molar-refractivity contribution in [3.8, 4) is 0 Å². The standard InChI is InChI=1S/C13H17N3OS2/c1-19-10-5-2-4-9(12(10)13(14)18)16-7-3-6-15-11(17)8-16/h2,4-5H,3,6-8H2,1H3,(H2,14,18)(H,15,17). The first-order chi connectivity index (χ1) is 9.13. The van der Waals surface area contributed by atoms with Gasteiger partial charge in [-0.2, -0.15) is 0 Å². The molecule has 1 aromatic rings. The van der Waals surface area contributed by atoms with Crippen molar-refractivity contribution < 1.29 is 4.79 Å². The summed E-state index contributed by atoms with van der Waals surface area (Å²) >= 11 is 6.79. The van der Waals surface area contributed by atoms with Crippen LogP contribution in [0.5, 0.6) is 0 Å². The zero-order valence-electron chi connectivity index (χ0n) is 10.8. The average Bonchev–Trinajstić information content (AvgIpc) is 2.62. The molecule has 0 unspecified atom stereocenters. The normalized spacial score (nSPS) is 15.8. The van der Waals surface area contributed by atoms with Gasteiger partial charge in [0, 0.05) is 29.2 Å². The molecule has 1 aliphatic heterocycles. The molecular weight excluding hydrogens is 278 g/mol. The van der Waals surface area contributed by atoms with Crippen LogP contribution in [0.1, 0.15) is 12.0 Å². The molecule has 1 heterocycles. The lowest BCUT2D eigenvalue weighted by molar-refractivity contribution is -0.119. The summed E-state index contributed by atoms with van der Waals surface area (Å²) in [5.74, 6) is 0.0425. The summed E-state index contributed by atoms with van der Waals surface area (Å²) in [6.45, 7) is 1.90. The van der Waals surface area contributed by atoms with Gasteiger partial charge in [-0.25, -0.2) is 0 Å². The molecule has 0 spiro atoms. The Hall–Kier alpha value is -1.27. The van der Waals surface area contributed by atoms with Gasteiger partial charge in [0.15, 0.2) is 0 Å². The van der Waals surface area contributed by atoms with E-state index >= 15 is 0 Å². The number of carbonyl (C=O) groups excluding carboxylic acids is 1. The number of benzene rings is 1. The minimum absolute atomic E-state index is 0.0425. The van der Waals surface area contributed by atoms with E-state index in [9.17, 15) is 4.79 Å². The van der Waals surface area contributed by atoms with E-state index < -0.39 is 0 Å². The molecule has 1 aliphatic rings. The summed E-state index contributed by atoms with van der Waals surface area (Å²) < 4.78 is 0. The van der Waals surface area contributed by atoms with E-state index in [-0.39, 0.29) is 5.91 Å². The van der Waals surface area contributed by atoms with Crippen molar-refractivity contribution in [2.45, 2.75) is 11.3 Å². The van der Waals surface area contributed by atoms with Gasteiger partial charge in [-0.1, -0.05) is 18.3 Å². The number of thiocarbonyl (C=S) groups is 1. The topological polar surface area (TPSA) is 58.4 Å². The molecule has 1 saturated heterocycles. The molecule has 4 nitrogen and oxygen atoms in total. The molecular formula is C13H17N3OS2. The highest BCUT2D eigenvalue weighted by Gasteiger charge is 2.20. The minimum Gasteiger partial charge on any atom is -0.389 e. The summed E-state index contributed by atoms with van der Waals surface area (Å²) in [7, 11) is 0. The van der Waals surface area contributed by atoms with Crippen LogP contribution in [0.4, 0.5) is 5.69 Å². The van der Waals surface area contributed by atoms with Gasteiger partial charge in [-0.15, -0.1) is 11.8 Å². The molecule has 102 valence electrons. The van der Waals surface area contributed by atoms with E-state index in [1.807, 2.05) is 24.5 Å². The highest BCUT2D eigenvalue weighted by atomic mass is 32.2. The first-order valence-electron chi connectivity index (χ1n) is 6.12. The zero-order chi connectivity index (χ0) is 13.8. The van der Waals surface area contributed by atoms with Crippen LogP contribution in [0.2, 0.25) is 0 Å². The predicted octanol–water partition coefficient (Wildman–Crippen LogP) is 1.37. The van der Waals surface area contributed by atoms with Crippen LogP contribution in [-0.2, 0) is 4.79 Å². The Morgan fingerprint density at radius 2 is 2.32 bits per heavy atom. The fraction of sp³-hybridized carbons (Fsp3) is 0.385. The van der Waals surface area contributed by atoms with Gasteiger partial charge < -0.3 is 16.0 Å². The van der Waals surface area contributed by atoms with Crippen molar-refractivity contribution in [2.75, 3.05) is 30.8 Å². The molecule has 0 radical (unpaired) electrons. The highest BCUT2D eigenvalue weighted by Crippen LogP contribution is 2.30. The monoisotopic (exact) mass is 295 g/mol. The molecule has 1 aromatic carbocycles. The van der Waals surface area contributed by atoms with Gasteiger partial charge in [0.1, 0.15) is 4.99 Å². The van der Waals surface area contributed by atoms with Crippen LogP contribution in [0.25, 0.3) is 0 Å². The minimum atomic E-state index is 0.0425.